The van der Waals surface area contributed by atoms with Crippen LogP contribution in [0.15, 0.2) is 18.2 Å². The van der Waals surface area contributed by atoms with Crippen molar-refractivity contribution in [3.63, 3.8) is 0 Å². The summed E-state index contributed by atoms with van der Waals surface area (Å²) in [5, 5.41) is 0. The second-order valence-corrected chi connectivity index (χ2v) is 4.13. The van der Waals surface area contributed by atoms with Crippen LogP contribution >= 0.6 is 0 Å². The quantitative estimate of drug-likeness (QED) is 0.756. The fourth-order valence-corrected chi connectivity index (χ4v) is 2.01. The lowest BCUT2D eigenvalue weighted by molar-refractivity contribution is 0.0990. The molecule has 2 heteroatoms. The molecule has 2 nitrogen and oxygen atoms in total. The number of ketones is 1. The van der Waals surface area contributed by atoms with Gasteiger partial charge in [-0.25, -0.2) is 0 Å². The molecule has 0 amide bonds. The molecule has 0 saturated carbocycles. The van der Waals surface area contributed by atoms with Crippen LogP contribution in [0.25, 0.3) is 0 Å². The maximum Gasteiger partial charge on any atom is 0.163 e. The first-order valence-electron chi connectivity index (χ1n) is 5.52. The van der Waals surface area contributed by atoms with Crippen molar-refractivity contribution >= 4 is 5.78 Å². The monoisotopic (exact) mass is 204 g/mol. The Balaban J connectivity index is 2.26. The van der Waals surface area contributed by atoms with Gasteiger partial charge in [0.25, 0.3) is 0 Å². The number of ether oxygens (including phenoxy) is 1. The van der Waals surface area contributed by atoms with Crippen LogP contribution in [-0.2, 0) is 0 Å². The van der Waals surface area contributed by atoms with E-state index >= 15 is 0 Å². The van der Waals surface area contributed by atoms with Gasteiger partial charge in [0.1, 0.15) is 5.75 Å². The van der Waals surface area contributed by atoms with Gasteiger partial charge in [-0.2, -0.15) is 0 Å². The molecule has 1 aromatic carbocycles. The minimum atomic E-state index is 0.249. The minimum Gasteiger partial charge on any atom is -0.494 e. The zero-order valence-corrected chi connectivity index (χ0v) is 9.25. The molecule has 0 aliphatic heterocycles. The number of rotatable bonds is 3. The highest BCUT2D eigenvalue weighted by Gasteiger charge is 2.26. The molecule has 0 saturated heterocycles. The van der Waals surface area contributed by atoms with Crippen molar-refractivity contribution in [1.82, 2.24) is 0 Å². The van der Waals surface area contributed by atoms with Crippen molar-refractivity contribution in [2.75, 3.05) is 6.61 Å². The third-order valence-corrected chi connectivity index (χ3v) is 2.82. The molecule has 0 radical (unpaired) electrons. The Kier molecular flexibility index (Phi) is 2.76. The van der Waals surface area contributed by atoms with Gasteiger partial charge >= 0.3 is 0 Å². The molecular formula is C13H16O2. The van der Waals surface area contributed by atoms with Crippen molar-refractivity contribution in [3.05, 3.63) is 29.3 Å². The normalized spacial score (nSPS) is 19.1. The van der Waals surface area contributed by atoms with Gasteiger partial charge in [0.2, 0.25) is 0 Å². The van der Waals surface area contributed by atoms with E-state index in [-0.39, 0.29) is 5.78 Å². The van der Waals surface area contributed by atoms with Crippen molar-refractivity contribution in [3.8, 4) is 5.75 Å². The third kappa shape index (κ3) is 1.89. The van der Waals surface area contributed by atoms with Crippen LogP contribution < -0.4 is 4.74 Å². The van der Waals surface area contributed by atoms with E-state index in [2.05, 4.69) is 13.8 Å². The molecule has 1 unspecified atom stereocenters. The first kappa shape index (κ1) is 10.2. The molecule has 0 spiro atoms. The Bertz CT molecular complexity index is 382. The largest absolute Gasteiger partial charge is 0.494 e. The Morgan fingerprint density at radius 3 is 3.00 bits per heavy atom. The molecule has 1 aliphatic carbocycles. The molecule has 0 fully saturated rings. The van der Waals surface area contributed by atoms with E-state index in [0.29, 0.717) is 18.9 Å². The number of benzene rings is 1. The summed E-state index contributed by atoms with van der Waals surface area (Å²) < 4.78 is 5.51. The molecule has 15 heavy (non-hydrogen) atoms. The van der Waals surface area contributed by atoms with Crippen LogP contribution in [0.1, 0.15) is 48.5 Å². The van der Waals surface area contributed by atoms with Crippen molar-refractivity contribution in [2.24, 2.45) is 0 Å². The van der Waals surface area contributed by atoms with Crippen molar-refractivity contribution in [1.29, 1.82) is 0 Å². The summed E-state index contributed by atoms with van der Waals surface area (Å²) in [5.41, 5.74) is 2.03. The van der Waals surface area contributed by atoms with Gasteiger partial charge < -0.3 is 4.74 Å². The summed E-state index contributed by atoms with van der Waals surface area (Å²) in [7, 11) is 0. The smallest absolute Gasteiger partial charge is 0.163 e. The highest BCUT2D eigenvalue weighted by Crippen LogP contribution is 2.34. The van der Waals surface area contributed by atoms with E-state index in [0.717, 1.165) is 17.7 Å². The lowest BCUT2D eigenvalue weighted by Crippen LogP contribution is -1.97. The van der Waals surface area contributed by atoms with Gasteiger partial charge in [0, 0.05) is 12.0 Å². The van der Waals surface area contributed by atoms with E-state index < -0.39 is 0 Å². The van der Waals surface area contributed by atoms with Gasteiger partial charge in [-0.1, -0.05) is 19.9 Å². The fraction of sp³-hybridized carbons (Fsp3) is 0.462. The molecule has 80 valence electrons. The number of carbonyl (C=O) groups excluding carboxylic acids is 1. The van der Waals surface area contributed by atoms with Gasteiger partial charge in [-0.3, -0.25) is 4.79 Å². The lowest BCUT2D eigenvalue weighted by atomic mass is 10.0. The zero-order chi connectivity index (χ0) is 10.8. The number of hydrogen-bond donors (Lipinski definition) is 0. The average Bonchev–Trinajstić information content (AvgIpc) is 2.52. The molecule has 0 bridgehead atoms. The van der Waals surface area contributed by atoms with Gasteiger partial charge in [0.15, 0.2) is 5.78 Å². The maximum absolute atomic E-state index is 11.6. The van der Waals surface area contributed by atoms with Gasteiger partial charge in [-0.15, -0.1) is 0 Å². The Morgan fingerprint density at radius 1 is 1.47 bits per heavy atom. The molecular weight excluding hydrogens is 188 g/mol. The highest BCUT2D eigenvalue weighted by molar-refractivity contribution is 6.01. The van der Waals surface area contributed by atoms with Crippen LogP contribution in [0.2, 0.25) is 0 Å². The van der Waals surface area contributed by atoms with E-state index in [9.17, 15) is 4.79 Å². The maximum atomic E-state index is 11.6. The molecule has 1 aliphatic rings. The van der Waals surface area contributed by atoms with Gasteiger partial charge in [0.05, 0.1) is 6.61 Å². The third-order valence-electron chi connectivity index (χ3n) is 2.82. The summed E-state index contributed by atoms with van der Waals surface area (Å²) in [6.45, 7) is 4.87. The summed E-state index contributed by atoms with van der Waals surface area (Å²) in [5.74, 6) is 1.44. The second kappa shape index (κ2) is 4.05. The Labute approximate surface area is 90.3 Å². The van der Waals surface area contributed by atoms with Crippen LogP contribution in [0, 0.1) is 0 Å². The van der Waals surface area contributed by atoms with E-state index in [4.69, 9.17) is 4.74 Å². The standard InChI is InChI=1S/C13H16O2/c1-3-6-15-10-4-5-11-9(2)7-13(14)12(11)8-10/h4-5,8-9H,3,6-7H2,1-2H3. The number of fused-ring (bicyclic) bond motifs is 1. The predicted molar refractivity (Wildman–Crippen MR) is 59.6 cm³/mol. The van der Waals surface area contributed by atoms with Crippen LogP contribution in [-0.4, -0.2) is 12.4 Å². The fourth-order valence-electron chi connectivity index (χ4n) is 2.01. The van der Waals surface area contributed by atoms with E-state index in [1.807, 2.05) is 18.2 Å². The van der Waals surface area contributed by atoms with E-state index in [1.165, 1.54) is 5.56 Å². The zero-order valence-electron chi connectivity index (χ0n) is 9.25. The lowest BCUT2D eigenvalue weighted by Gasteiger charge is -2.07. The van der Waals surface area contributed by atoms with Crippen LogP contribution in [0.3, 0.4) is 0 Å². The molecule has 2 rings (SSSR count). The number of carbonyl (C=O) groups is 1. The highest BCUT2D eigenvalue weighted by atomic mass is 16.5. The summed E-state index contributed by atoms with van der Waals surface area (Å²) in [6, 6.07) is 5.87. The SMILES string of the molecule is CCCOc1ccc2c(c1)C(=O)CC2C. The number of hydrogen-bond acceptors (Lipinski definition) is 2. The van der Waals surface area contributed by atoms with E-state index in [1.54, 1.807) is 0 Å². The Hall–Kier alpha value is -1.31. The van der Waals surface area contributed by atoms with Crippen LogP contribution in [0.5, 0.6) is 5.75 Å². The van der Waals surface area contributed by atoms with Crippen molar-refractivity contribution in [2.45, 2.75) is 32.6 Å². The molecule has 1 atom stereocenters. The second-order valence-electron chi connectivity index (χ2n) is 4.13. The first-order chi connectivity index (χ1) is 7.22. The molecule has 0 N–H and O–H groups in total. The molecule has 0 heterocycles. The summed E-state index contributed by atoms with van der Waals surface area (Å²) in [6.07, 6.45) is 1.63. The summed E-state index contributed by atoms with van der Waals surface area (Å²) >= 11 is 0. The number of Topliss-reactive ketones (excluding diaryl/α,β-unsaturated/α-hetero) is 1. The topological polar surface area (TPSA) is 26.3 Å². The van der Waals surface area contributed by atoms with Crippen molar-refractivity contribution < 1.29 is 9.53 Å². The average molecular weight is 204 g/mol. The minimum absolute atomic E-state index is 0.249. The molecule has 1 aromatic rings. The summed E-state index contributed by atoms with van der Waals surface area (Å²) in [4.78, 5) is 11.6. The Morgan fingerprint density at radius 2 is 2.27 bits per heavy atom. The first-order valence-corrected chi connectivity index (χ1v) is 5.52. The predicted octanol–water partition coefficient (Wildman–Crippen LogP) is 3.17. The van der Waals surface area contributed by atoms with Crippen LogP contribution in [0.4, 0.5) is 0 Å². The van der Waals surface area contributed by atoms with Gasteiger partial charge in [-0.05, 0) is 30.0 Å². The molecule has 0 aromatic heterocycles.